The molecule has 190 valence electrons. The molecule has 0 aliphatic heterocycles. The number of thioether (sulfide) groups is 1. The number of aliphatic carboxylic acids is 1. The van der Waals surface area contributed by atoms with Gasteiger partial charge in [0.25, 0.3) is 5.91 Å². The Morgan fingerprint density at radius 2 is 1.67 bits per heavy atom. The molecule has 0 aliphatic carbocycles. The number of ketones is 1. The number of nitrogens with one attached hydrogen (secondary N) is 1. The highest BCUT2D eigenvalue weighted by Gasteiger charge is 2.28. The van der Waals surface area contributed by atoms with Crippen LogP contribution in [0.5, 0.6) is 0 Å². The number of carbonyl (C=O) groups excluding carboxylic acids is 2. The average Bonchev–Trinajstić information content (AvgIpc) is 3.16. The van der Waals surface area contributed by atoms with Gasteiger partial charge in [0.05, 0.1) is 0 Å². The molecular formula is C28H33N3O4S. The van der Waals surface area contributed by atoms with Crippen molar-refractivity contribution in [3.63, 3.8) is 0 Å². The van der Waals surface area contributed by atoms with Crippen molar-refractivity contribution in [1.82, 2.24) is 9.55 Å². The number of hydrogen-bond acceptors (Lipinski definition) is 5. The van der Waals surface area contributed by atoms with Crippen molar-refractivity contribution in [2.45, 2.75) is 70.1 Å². The van der Waals surface area contributed by atoms with Gasteiger partial charge in [0, 0.05) is 33.9 Å². The van der Waals surface area contributed by atoms with Gasteiger partial charge in [-0.2, -0.15) is 0 Å². The largest absolute Gasteiger partial charge is 0.480 e. The molecule has 8 heteroatoms. The molecule has 1 amide bonds. The number of unbranched alkanes of at least 4 members (excludes halogenated alkanes) is 2. The molecule has 3 rings (SSSR count). The first-order valence-electron chi connectivity index (χ1n) is 12.1. The first-order valence-corrected chi connectivity index (χ1v) is 12.9. The third-order valence-corrected chi connectivity index (χ3v) is 7.16. The van der Waals surface area contributed by atoms with E-state index in [-0.39, 0.29) is 11.7 Å². The molecule has 2 N–H and O–H groups in total. The second kappa shape index (κ2) is 11.6. The van der Waals surface area contributed by atoms with Crippen LogP contribution in [-0.2, 0) is 11.3 Å². The average molecular weight is 508 g/mol. The smallest absolute Gasteiger partial charge is 0.319 e. The van der Waals surface area contributed by atoms with Crippen LogP contribution in [0, 0.1) is 6.92 Å². The SMILES string of the molecule is CCCCCn1c(-c2ccc(SC(C)(C)C(=O)O)cc2)nc(C(=O)Nc2ccc(C(C)=O)cc2)c1C. The van der Waals surface area contributed by atoms with E-state index >= 15 is 0 Å². The predicted octanol–water partition coefficient (Wildman–Crippen LogP) is 6.46. The van der Waals surface area contributed by atoms with Crippen LogP contribution in [0.15, 0.2) is 53.4 Å². The minimum atomic E-state index is -0.940. The Labute approximate surface area is 216 Å². The molecule has 0 saturated carbocycles. The topological polar surface area (TPSA) is 101 Å². The quantitative estimate of drug-likeness (QED) is 0.175. The molecule has 2 aromatic carbocycles. The summed E-state index contributed by atoms with van der Waals surface area (Å²) in [7, 11) is 0. The maximum absolute atomic E-state index is 13.1. The molecule has 0 radical (unpaired) electrons. The van der Waals surface area contributed by atoms with Crippen LogP contribution in [0.25, 0.3) is 11.4 Å². The zero-order chi connectivity index (χ0) is 26.5. The number of carboxylic acids is 1. The molecule has 1 aromatic heterocycles. The summed E-state index contributed by atoms with van der Waals surface area (Å²) in [6, 6.07) is 14.4. The lowest BCUT2D eigenvalue weighted by Gasteiger charge is -2.18. The van der Waals surface area contributed by atoms with E-state index in [1.165, 1.54) is 18.7 Å². The third-order valence-electron chi connectivity index (χ3n) is 5.97. The number of Topliss-reactive ketones (excluding diaryl/α,β-unsaturated/α-hetero) is 1. The summed E-state index contributed by atoms with van der Waals surface area (Å²) < 4.78 is 1.14. The van der Waals surface area contributed by atoms with Crippen LogP contribution in [0.4, 0.5) is 5.69 Å². The van der Waals surface area contributed by atoms with E-state index in [1.54, 1.807) is 38.1 Å². The van der Waals surface area contributed by atoms with Crippen LogP contribution in [-0.4, -0.2) is 37.1 Å². The number of hydrogen-bond donors (Lipinski definition) is 2. The van der Waals surface area contributed by atoms with Gasteiger partial charge in [0.2, 0.25) is 0 Å². The fourth-order valence-corrected chi connectivity index (χ4v) is 4.70. The second-order valence-electron chi connectivity index (χ2n) is 9.26. The van der Waals surface area contributed by atoms with Crippen molar-refractivity contribution in [3.8, 4) is 11.4 Å². The highest BCUT2D eigenvalue weighted by molar-refractivity contribution is 8.01. The normalized spacial score (nSPS) is 11.4. The summed E-state index contributed by atoms with van der Waals surface area (Å²) in [5.41, 5.74) is 3.16. The molecule has 0 atom stereocenters. The van der Waals surface area contributed by atoms with Gasteiger partial charge in [-0.15, -0.1) is 11.8 Å². The van der Waals surface area contributed by atoms with E-state index in [1.807, 2.05) is 31.2 Å². The molecule has 0 bridgehead atoms. The maximum Gasteiger partial charge on any atom is 0.319 e. The molecule has 0 aliphatic rings. The monoisotopic (exact) mass is 507 g/mol. The van der Waals surface area contributed by atoms with E-state index in [9.17, 15) is 19.5 Å². The first-order chi connectivity index (χ1) is 17.0. The van der Waals surface area contributed by atoms with Crippen molar-refractivity contribution in [1.29, 1.82) is 0 Å². The Morgan fingerprint density at radius 1 is 1.03 bits per heavy atom. The van der Waals surface area contributed by atoms with E-state index < -0.39 is 10.7 Å². The molecule has 1 heterocycles. The standard InChI is InChI=1S/C28H33N3O4S/c1-6-7-8-17-31-18(2)24(26(33)29-22-13-9-20(10-14-22)19(3)32)30-25(31)21-11-15-23(16-12-21)36-28(4,5)27(34)35/h9-16H,6-8,17H2,1-5H3,(H,29,33)(H,34,35). The van der Waals surface area contributed by atoms with Gasteiger partial charge >= 0.3 is 5.97 Å². The Bertz CT molecular complexity index is 1250. The summed E-state index contributed by atoms with van der Waals surface area (Å²) in [4.78, 5) is 41.7. The van der Waals surface area contributed by atoms with Gasteiger partial charge in [0.15, 0.2) is 5.78 Å². The Balaban J connectivity index is 1.90. The maximum atomic E-state index is 13.1. The van der Waals surface area contributed by atoms with Crippen LogP contribution in [0.3, 0.4) is 0 Å². The highest BCUT2D eigenvalue weighted by atomic mass is 32.2. The van der Waals surface area contributed by atoms with Gasteiger partial charge in [-0.25, -0.2) is 4.98 Å². The number of benzene rings is 2. The second-order valence-corrected chi connectivity index (χ2v) is 11.0. The van der Waals surface area contributed by atoms with Crippen LogP contribution >= 0.6 is 11.8 Å². The zero-order valence-corrected chi connectivity index (χ0v) is 22.2. The van der Waals surface area contributed by atoms with Crippen molar-refractivity contribution >= 4 is 35.1 Å². The lowest BCUT2D eigenvalue weighted by Crippen LogP contribution is -2.26. The van der Waals surface area contributed by atoms with Crippen LogP contribution in [0.2, 0.25) is 0 Å². The van der Waals surface area contributed by atoms with E-state index in [0.29, 0.717) is 22.8 Å². The number of amides is 1. The Hall–Kier alpha value is -3.39. The summed E-state index contributed by atoms with van der Waals surface area (Å²) in [5.74, 6) is -0.510. The molecule has 0 spiro atoms. The van der Waals surface area contributed by atoms with Gasteiger partial charge < -0.3 is 15.0 Å². The summed E-state index contributed by atoms with van der Waals surface area (Å²) in [6.45, 7) is 9.64. The van der Waals surface area contributed by atoms with E-state index in [2.05, 4.69) is 16.8 Å². The Kier molecular flexibility index (Phi) is 8.74. The lowest BCUT2D eigenvalue weighted by atomic mass is 10.1. The zero-order valence-electron chi connectivity index (χ0n) is 21.4. The number of carbonyl (C=O) groups is 3. The summed E-state index contributed by atoms with van der Waals surface area (Å²) in [6.07, 6.45) is 3.12. The molecule has 3 aromatic rings. The lowest BCUT2D eigenvalue weighted by molar-refractivity contribution is -0.138. The Morgan fingerprint density at radius 3 is 2.22 bits per heavy atom. The number of anilines is 1. The van der Waals surface area contributed by atoms with E-state index in [0.717, 1.165) is 42.0 Å². The molecule has 36 heavy (non-hydrogen) atoms. The molecule has 0 saturated heterocycles. The number of aromatic nitrogens is 2. The van der Waals surface area contributed by atoms with Gasteiger partial charge in [0.1, 0.15) is 16.3 Å². The molecule has 7 nitrogen and oxygen atoms in total. The fraction of sp³-hybridized carbons (Fsp3) is 0.357. The molecule has 0 fully saturated rings. The van der Waals surface area contributed by atoms with E-state index in [4.69, 9.17) is 4.98 Å². The minimum absolute atomic E-state index is 0.0323. The fourth-order valence-electron chi connectivity index (χ4n) is 3.75. The first kappa shape index (κ1) is 27.2. The molecule has 0 unspecified atom stereocenters. The van der Waals surface area contributed by atoms with Crippen molar-refractivity contribution < 1.29 is 19.5 Å². The van der Waals surface area contributed by atoms with Crippen molar-refractivity contribution in [3.05, 3.63) is 65.5 Å². The number of imidazole rings is 1. The number of carboxylic acid groups (broad SMARTS) is 1. The third kappa shape index (κ3) is 6.43. The highest BCUT2D eigenvalue weighted by Crippen LogP contribution is 2.34. The number of rotatable bonds is 11. The number of nitrogens with zero attached hydrogens (tertiary/aromatic N) is 2. The van der Waals surface area contributed by atoms with Crippen molar-refractivity contribution in [2.75, 3.05) is 5.32 Å². The van der Waals surface area contributed by atoms with Crippen LogP contribution in [0.1, 0.15) is 73.5 Å². The van der Waals surface area contributed by atoms with Crippen LogP contribution < -0.4 is 5.32 Å². The van der Waals surface area contributed by atoms with Gasteiger partial charge in [-0.3, -0.25) is 14.4 Å². The van der Waals surface area contributed by atoms with Crippen molar-refractivity contribution in [2.24, 2.45) is 0 Å². The van der Waals surface area contributed by atoms with Gasteiger partial charge in [-0.05, 0) is 70.5 Å². The van der Waals surface area contributed by atoms with Gasteiger partial charge in [-0.1, -0.05) is 31.9 Å². The predicted molar refractivity (Wildman–Crippen MR) is 144 cm³/mol. The summed E-state index contributed by atoms with van der Waals surface area (Å²) >= 11 is 1.28. The summed E-state index contributed by atoms with van der Waals surface area (Å²) in [5, 5.41) is 12.3. The molecular weight excluding hydrogens is 474 g/mol. The minimum Gasteiger partial charge on any atom is -0.480 e.